The summed E-state index contributed by atoms with van der Waals surface area (Å²) in [7, 11) is -1.49. The minimum Gasteiger partial charge on any atom is -0.455 e. The SMILES string of the molecule is OB(O)c1ccc(Oc2ccccc2NCc2cnc(Cl)s2)cc1. The second-order valence-electron chi connectivity index (χ2n) is 4.97. The molecular weight excluding hydrogens is 347 g/mol. The van der Waals surface area contributed by atoms with E-state index >= 15 is 0 Å². The Hall–Kier alpha value is -2.06. The van der Waals surface area contributed by atoms with E-state index in [0.717, 1.165) is 10.6 Å². The van der Waals surface area contributed by atoms with E-state index in [1.807, 2.05) is 24.3 Å². The van der Waals surface area contributed by atoms with Crippen LogP contribution in [-0.2, 0) is 6.54 Å². The smallest absolute Gasteiger partial charge is 0.455 e. The average molecular weight is 361 g/mol. The van der Waals surface area contributed by atoms with Crippen molar-refractivity contribution in [1.82, 2.24) is 4.98 Å². The Labute approximate surface area is 148 Å². The predicted molar refractivity (Wildman–Crippen MR) is 97.2 cm³/mol. The maximum Gasteiger partial charge on any atom is 0.488 e. The van der Waals surface area contributed by atoms with E-state index in [1.165, 1.54) is 11.3 Å². The largest absolute Gasteiger partial charge is 0.488 e. The molecule has 0 aliphatic heterocycles. The molecule has 3 N–H and O–H groups in total. The number of para-hydroxylation sites is 2. The number of nitrogens with one attached hydrogen (secondary N) is 1. The lowest BCUT2D eigenvalue weighted by Crippen LogP contribution is -2.29. The summed E-state index contributed by atoms with van der Waals surface area (Å²) in [5.41, 5.74) is 1.25. The number of hydrogen-bond acceptors (Lipinski definition) is 6. The number of benzene rings is 2. The van der Waals surface area contributed by atoms with Crippen LogP contribution in [0.2, 0.25) is 4.47 Å². The first-order valence-electron chi connectivity index (χ1n) is 7.19. The zero-order valence-electron chi connectivity index (χ0n) is 12.5. The van der Waals surface area contributed by atoms with Gasteiger partial charge in [-0.15, -0.1) is 11.3 Å². The van der Waals surface area contributed by atoms with Gasteiger partial charge in [-0.3, -0.25) is 0 Å². The van der Waals surface area contributed by atoms with E-state index in [-0.39, 0.29) is 0 Å². The molecule has 0 radical (unpaired) electrons. The Bertz CT molecular complexity index is 811. The molecule has 1 heterocycles. The first-order chi connectivity index (χ1) is 11.6. The van der Waals surface area contributed by atoms with Crippen LogP contribution in [0.25, 0.3) is 0 Å². The monoisotopic (exact) mass is 360 g/mol. The Morgan fingerprint density at radius 3 is 2.54 bits per heavy atom. The number of thiazole rings is 1. The van der Waals surface area contributed by atoms with Crippen molar-refractivity contribution in [2.75, 3.05) is 5.32 Å². The molecule has 0 unspecified atom stereocenters. The third-order valence-corrected chi connectivity index (χ3v) is 4.39. The minimum atomic E-state index is -1.49. The third-order valence-electron chi connectivity index (χ3n) is 3.27. The molecule has 0 saturated heterocycles. The number of hydrogen-bond donors (Lipinski definition) is 3. The third kappa shape index (κ3) is 4.27. The lowest BCUT2D eigenvalue weighted by Gasteiger charge is -2.12. The first-order valence-corrected chi connectivity index (χ1v) is 8.38. The molecule has 1 aromatic heterocycles. The van der Waals surface area contributed by atoms with Crippen LogP contribution in [0, 0.1) is 0 Å². The Morgan fingerprint density at radius 1 is 1.12 bits per heavy atom. The topological polar surface area (TPSA) is 74.6 Å². The fourth-order valence-corrected chi connectivity index (χ4v) is 3.00. The van der Waals surface area contributed by atoms with E-state index < -0.39 is 7.12 Å². The Balaban J connectivity index is 1.71. The molecule has 0 saturated carbocycles. The van der Waals surface area contributed by atoms with E-state index in [1.54, 1.807) is 30.5 Å². The van der Waals surface area contributed by atoms with Crippen LogP contribution < -0.4 is 15.5 Å². The number of aromatic nitrogens is 1. The second-order valence-corrected chi connectivity index (χ2v) is 6.67. The molecule has 24 heavy (non-hydrogen) atoms. The van der Waals surface area contributed by atoms with Crippen molar-refractivity contribution in [2.45, 2.75) is 6.54 Å². The van der Waals surface area contributed by atoms with Gasteiger partial charge in [0.2, 0.25) is 0 Å². The maximum atomic E-state index is 9.12. The van der Waals surface area contributed by atoms with Crippen LogP contribution in [0.3, 0.4) is 0 Å². The molecule has 3 aromatic rings. The van der Waals surface area contributed by atoms with Crippen molar-refractivity contribution in [3.8, 4) is 11.5 Å². The first kappa shape index (κ1) is 16.8. The predicted octanol–water partition coefficient (Wildman–Crippen LogP) is 2.88. The van der Waals surface area contributed by atoms with E-state index in [4.69, 9.17) is 26.4 Å². The van der Waals surface area contributed by atoms with Crippen LogP contribution in [0.4, 0.5) is 5.69 Å². The lowest BCUT2D eigenvalue weighted by atomic mass is 9.80. The molecule has 2 aromatic carbocycles. The highest BCUT2D eigenvalue weighted by Gasteiger charge is 2.11. The van der Waals surface area contributed by atoms with E-state index in [0.29, 0.717) is 28.0 Å². The minimum absolute atomic E-state index is 0.413. The molecule has 0 fully saturated rings. The van der Waals surface area contributed by atoms with Gasteiger partial charge in [0.25, 0.3) is 0 Å². The summed E-state index contributed by atoms with van der Waals surface area (Å²) >= 11 is 7.26. The fraction of sp³-hybridized carbons (Fsp3) is 0.0625. The van der Waals surface area contributed by atoms with Crippen LogP contribution >= 0.6 is 22.9 Å². The molecule has 122 valence electrons. The summed E-state index contributed by atoms with van der Waals surface area (Å²) in [6.45, 7) is 0.598. The Morgan fingerprint density at radius 2 is 1.88 bits per heavy atom. The van der Waals surface area contributed by atoms with Gasteiger partial charge in [0.15, 0.2) is 10.2 Å². The van der Waals surface area contributed by atoms with E-state index in [2.05, 4.69) is 10.3 Å². The standard InChI is InChI=1S/C16H14BClN2O3S/c18-16-20-10-13(24-16)9-19-14-3-1-2-4-15(14)23-12-7-5-11(6-8-12)17(21)22/h1-8,10,19,21-22H,9H2. The highest BCUT2D eigenvalue weighted by molar-refractivity contribution is 7.15. The van der Waals surface area contributed by atoms with E-state index in [9.17, 15) is 0 Å². The molecule has 0 atom stereocenters. The van der Waals surface area contributed by atoms with Gasteiger partial charge in [-0.05, 0) is 29.7 Å². The molecule has 3 rings (SSSR count). The molecule has 0 bridgehead atoms. The van der Waals surface area contributed by atoms with Crippen molar-refractivity contribution < 1.29 is 14.8 Å². The molecule has 0 spiro atoms. The molecule has 5 nitrogen and oxygen atoms in total. The normalized spacial score (nSPS) is 10.5. The van der Waals surface area contributed by atoms with Crippen LogP contribution in [-0.4, -0.2) is 22.2 Å². The van der Waals surface area contributed by atoms with Gasteiger partial charge in [-0.25, -0.2) is 4.98 Å². The quantitative estimate of drug-likeness (QED) is 0.589. The van der Waals surface area contributed by atoms with Gasteiger partial charge in [0.1, 0.15) is 5.75 Å². The summed E-state index contributed by atoms with van der Waals surface area (Å²) < 4.78 is 6.39. The van der Waals surface area contributed by atoms with Crippen LogP contribution in [0.5, 0.6) is 11.5 Å². The summed E-state index contributed by atoms with van der Waals surface area (Å²) in [6.07, 6.45) is 1.74. The van der Waals surface area contributed by atoms with Gasteiger partial charge in [-0.2, -0.15) is 0 Å². The maximum absolute atomic E-state index is 9.12. The van der Waals surface area contributed by atoms with Gasteiger partial charge < -0.3 is 20.1 Å². The molecule has 8 heteroatoms. The van der Waals surface area contributed by atoms with Gasteiger partial charge in [0.05, 0.1) is 12.2 Å². The van der Waals surface area contributed by atoms with Gasteiger partial charge >= 0.3 is 7.12 Å². The molecule has 0 aliphatic rings. The summed E-state index contributed by atoms with van der Waals surface area (Å²) in [4.78, 5) is 5.04. The summed E-state index contributed by atoms with van der Waals surface area (Å²) in [6, 6.07) is 14.2. The zero-order chi connectivity index (χ0) is 16.9. The fourth-order valence-electron chi connectivity index (χ4n) is 2.08. The number of halogens is 1. The highest BCUT2D eigenvalue weighted by Crippen LogP contribution is 2.30. The number of ether oxygens (including phenoxy) is 1. The van der Waals surface area contributed by atoms with Crippen LogP contribution in [0.15, 0.2) is 54.7 Å². The zero-order valence-corrected chi connectivity index (χ0v) is 14.1. The van der Waals surface area contributed by atoms with Gasteiger partial charge in [0, 0.05) is 11.1 Å². The second kappa shape index (κ2) is 7.68. The van der Waals surface area contributed by atoms with Gasteiger partial charge in [-0.1, -0.05) is 35.9 Å². The number of rotatable bonds is 6. The molecular formula is C16H14BClN2O3S. The average Bonchev–Trinajstić information content (AvgIpc) is 3.00. The highest BCUT2D eigenvalue weighted by atomic mass is 35.5. The number of anilines is 1. The van der Waals surface area contributed by atoms with Crippen molar-refractivity contribution in [3.05, 3.63) is 64.1 Å². The molecule has 0 amide bonds. The van der Waals surface area contributed by atoms with Crippen LogP contribution in [0.1, 0.15) is 4.88 Å². The lowest BCUT2D eigenvalue weighted by molar-refractivity contribution is 0.425. The molecule has 0 aliphatic carbocycles. The van der Waals surface area contributed by atoms with Crippen molar-refractivity contribution >= 4 is 41.2 Å². The Kier molecular flexibility index (Phi) is 5.37. The van der Waals surface area contributed by atoms with Crippen molar-refractivity contribution in [1.29, 1.82) is 0 Å². The summed E-state index contributed by atoms with van der Waals surface area (Å²) in [5.74, 6) is 1.28. The van der Waals surface area contributed by atoms with Crippen molar-refractivity contribution in [3.63, 3.8) is 0 Å². The number of nitrogens with zero attached hydrogens (tertiary/aromatic N) is 1. The summed E-state index contributed by atoms with van der Waals surface area (Å²) in [5, 5.41) is 21.5. The van der Waals surface area contributed by atoms with Crippen molar-refractivity contribution in [2.24, 2.45) is 0 Å².